The molecule has 0 radical (unpaired) electrons. The fraction of sp³-hybridized carbons (Fsp3) is 0.750. The highest BCUT2D eigenvalue weighted by Crippen LogP contribution is 2.36. The Morgan fingerprint density at radius 2 is 2.09 bits per heavy atom. The zero-order valence-corrected chi connectivity index (χ0v) is 14.2. The Morgan fingerprint density at radius 3 is 2.83 bits per heavy atom. The molecule has 1 saturated carbocycles. The highest BCUT2D eigenvalue weighted by Gasteiger charge is 2.30. The van der Waals surface area contributed by atoms with Crippen LogP contribution in [0.1, 0.15) is 55.7 Å². The molecule has 0 bridgehead atoms. The van der Waals surface area contributed by atoms with E-state index in [2.05, 4.69) is 15.6 Å². The number of urea groups is 1. The normalized spacial score (nSPS) is 21.8. The molecule has 3 N–H and O–H groups in total. The van der Waals surface area contributed by atoms with E-state index in [1.807, 2.05) is 6.20 Å². The van der Waals surface area contributed by atoms with Crippen LogP contribution in [0.3, 0.4) is 0 Å². The first-order chi connectivity index (χ1) is 11.1. The summed E-state index contributed by atoms with van der Waals surface area (Å²) in [7, 11) is 0. The molecule has 2 amide bonds. The number of hydrogen-bond acceptors (Lipinski definition) is 5. The molecule has 0 atom stereocenters. The van der Waals surface area contributed by atoms with Gasteiger partial charge < -0.3 is 15.2 Å². The van der Waals surface area contributed by atoms with Gasteiger partial charge in [-0.1, -0.05) is 19.3 Å². The van der Waals surface area contributed by atoms with Gasteiger partial charge >= 0.3 is 6.03 Å². The SMILES string of the molecule is O=C(NCC1(O)CCOCC1)Nc1ncc(C2CCCCC2)s1. The lowest BCUT2D eigenvalue weighted by Gasteiger charge is -2.31. The van der Waals surface area contributed by atoms with Crippen LogP contribution >= 0.6 is 11.3 Å². The standard InChI is InChI=1S/C16H25N3O3S/c20-14(18-11-16(21)6-8-22-9-7-16)19-15-17-10-13(23-15)12-4-2-1-3-5-12/h10,12,21H,1-9,11H2,(H2,17,18,19,20). The number of ether oxygens (including phenoxy) is 1. The summed E-state index contributed by atoms with van der Waals surface area (Å²) >= 11 is 1.56. The maximum absolute atomic E-state index is 12.0. The molecule has 1 aromatic rings. The van der Waals surface area contributed by atoms with E-state index in [1.165, 1.54) is 37.0 Å². The number of thiazole rings is 1. The number of anilines is 1. The van der Waals surface area contributed by atoms with Crippen LogP contribution in [0.15, 0.2) is 6.20 Å². The molecule has 7 heteroatoms. The van der Waals surface area contributed by atoms with Gasteiger partial charge in [0, 0.05) is 43.7 Å². The van der Waals surface area contributed by atoms with Crippen molar-refractivity contribution in [2.24, 2.45) is 0 Å². The van der Waals surface area contributed by atoms with Crippen molar-refractivity contribution in [2.75, 3.05) is 25.1 Å². The number of rotatable bonds is 4. The molecule has 6 nitrogen and oxygen atoms in total. The third-order valence-corrected chi connectivity index (χ3v) is 5.83. The number of carbonyl (C=O) groups excluding carboxylic acids is 1. The predicted octanol–water partition coefficient (Wildman–Crippen LogP) is 2.85. The molecule has 1 aliphatic carbocycles. The second kappa shape index (κ2) is 7.59. The van der Waals surface area contributed by atoms with Crippen LogP contribution in [0.2, 0.25) is 0 Å². The van der Waals surface area contributed by atoms with Crippen molar-refractivity contribution in [1.29, 1.82) is 0 Å². The molecule has 2 aliphatic rings. The molecule has 3 rings (SSSR count). The van der Waals surface area contributed by atoms with Crippen molar-refractivity contribution in [2.45, 2.75) is 56.5 Å². The predicted molar refractivity (Wildman–Crippen MR) is 90.0 cm³/mol. The number of carbonyl (C=O) groups is 1. The Kier molecular flexibility index (Phi) is 5.50. The van der Waals surface area contributed by atoms with Crippen molar-refractivity contribution in [3.63, 3.8) is 0 Å². The lowest BCUT2D eigenvalue weighted by molar-refractivity contribution is -0.0598. The van der Waals surface area contributed by atoms with E-state index in [-0.39, 0.29) is 12.6 Å². The van der Waals surface area contributed by atoms with E-state index >= 15 is 0 Å². The molecule has 2 heterocycles. The zero-order chi connectivity index (χ0) is 16.1. The average molecular weight is 339 g/mol. The Morgan fingerprint density at radius 1 is 1.35 bits per heavy atom. The Hall–Kier alpha value is -1.18. The molecule has 128 valence electrons. The molecular weight excluding hydrogens is 314 g/mol. The Labute approximate surface area is 140 Å². The number of aromatic nitrogens is 1. The summed E-state index contributed by atoms with van der Waals surface area (Å²) in [6, 6.07) is -0.311. The van der Waals surface area contributed by atoms with Gasteiger partial charge in [-0.2, -0.15) is 0 Å². The maximum Gasteiger partial charge on any atom is 0.321 e. The summed E-state index contributed by atoms with van der Waals surface area (Å²) in [4.78, 5) is 17.6. The lowest BCUT2D eigenvalue weighted by atomic mass is 9.89. The minimum atomic E-state index is -0.855. The number of aliphatic hydroxyl groups is 1. The van der Waals surface area contributed by atoms with Gasteiger partial charge in [0.15, 0.2) is 5.13 Å². The first kappa shape index (κ1) is 16.7. The van der Waals surface area contributed by atoms with Crippen molar-refractivity contribution in [3.8, 4) is 0 Å². The molecule has 0 spiro atoms. The Balaban J connectivity index is 1.47. The van der Waals surface area contributed by atoms with Gasteiger partial charge in [0.1, 0.15) is 0 Å². The molecular formula is C16H25N3O3S. The number of hydrogen-bond donors (Lipinski definition) is 3. The second-order valence-corrected chi connectivity index (χ2v) is 7.61. The van der Waals surface area contributed by atoms with Crippen molar-refractivity contribution >= 4 is 22.5 Å². The molecule has 0 aromatic carbocycles. The third-order valence-electron chi connectivity index (χ3n) is 4.75. The smallest absolute Gasteiger partial charge is 0.321 e. The van der Waals surface area contributed by atoms with Crippen LogP contribution in [-0.4, -0.2) is 41.5 Å². The van der Waals surface area contributed by atoms with E-state index in [9.17, 15) is 9.90 Å². The highest BCUT2D eigenvalue weighted by molar-refractivity contribution is 7.15. The number of nitrogens with zero attached hydrogens (tertiary/aromatic N) is 1. The number of nitrogens with one attached hydrogen (secondary N) is 2. The minimum absolute atomic E-state index is 0.239. The summed E-state index contributed by atoms with van der Waals surface area (Å²) in [6.45, 7) is 1.32. The van der Waals surface area contributed by atoms with Crippen molar-refractivity contribution < 1.29 is 14.6 Å². The number of amides is 2. The lowest BCUT2D eigenvalue weighted by Crippen LogP contribution is -2.47. The fourth-order valence-electron chi connectivity index (χ4n) is 3.23. The summed E-state index contributed by atoms with van der Waals surface area (Å²) in [5.74, 6) is 0.600. The molecule has 2 fully saturated rings. The second-order valence-electron chi connectivity index (χ2n) is 6.55. The maximum atomic E-state index is 12.0. The van der Waals surface area contributed by atoms with Crippen LogP contribution in [0, 0.1) is 0 Å². The molecule has 1 aromatic heterocycles. The first-order valence-corrected chi connectivity index (χ1v) is 9.27. The van der Waals surface area contributed by atoms with Gasteiger partial charge in [-0.05, 0) is 18.8 Å². The van der Waals surface area contributed by atoms with E-state index in [4.69, 9.17) is 4.74 Å². The van der Waals surface area contributed by atoms with Gasteiger partial charge in [0.05, 0.1) is 5.60 Å². The largest absolute Gasteiger partial charge is 0.388 e. The van der Waals surface area contributed by atoms with E-state index in [0.717, 1.165) is 0 Å². The molecule has 23 heavy (non-hydrogen) atoms. The molecule has 1 aliphatic heterocycles. The summed E-state index contributed by atoms with van der Waals surface area (Å²) < 4.78 is 5.23. The summed E-state index contributed by atoms with van der Waals surface area (Å²) in [6.07, 6.45) is 9.35. The summed E-state index contributed by atoms with van der Waals surface area (Å²) in [5, 5.41) is 16.5. The zero-order valence-electron chi connectivity index (χ0n) is 13.3. The Bertz CT molecular complexity index is 522. The van der Waals surface area contributed by atoms with Crippen LogP contribution in [0.25, 0.3) is 0 Å². The summed E-state index contributed by atoms with van der Waals surface area (Å²) in [5.41, 5.74) is -0.855. The molecule has 1 saturated heterocycles. The van der Waals surface area contributed by atoms with Crippen molar-refractivity contribution in [3.05, 3.63) is 11.1 Å². The molecule has 0 unspecified atom stereocenters. The van der Waals surface area contributed by atoms with Crippen LogP contribution in [0.4, 0.5) is 9.93 Å². The highest BCUT2D eigenvalue weighted by atomic mass is 32.1. The van der Waals surface area contributed by atoms with E-state index in [0.29, 0.717) is 37.1 Å². The van der Waals surface area contributed by atoms with E-state index < -0.39 is 5.60 Å². The van der Waals surface area contributed by atoms with Gasteiger partial charge in [-0.3, -0.25) is 5.32 Å². The average Bonchev–Trinajstić information content (AvgIpc) is 3.03. The quantitative estimate of drug-likeness (QED) is 0.787. The van der Waals surface area contributed by atoms with Gasteiger partial charge in [-0.25, -0.2) is 9.78 Å². The van der Waals surface area contributed by atoms with Crippen LogP contribution < -0.4 is 10.6 Å². The van der Waals surface area contributed by atoms with Crippen LogP contribution in [-0.2, 0) is 4.74 Å². The fourth-order valence-corrected chi connectivity index (χ4v) is 4.21. The van der Waals surface area contributed by atoms with E-state index in [1.54, 1.807) is 11.3 Å². The third kappa shape index (κ3) is 4.65. The van der Waals surface area contributed by atoms with Crippen LogP contribution in [0.5, 0.6) is 0 Å². The minimum Gasteiger partial charge on any atom is -0.388 e. The monoisotopic (exact) mass is 339 g/mol. The van der Waals surface area contributed by atoms with Crippen molar-refractivity contribution in [1.82, 2.24) is 10.3 Å². The first-order valence-electron chi connectivity index (χ1n) is 8.45. The van der Waals surface area contributed by atoms with Gasteiger partial charge in [0.2, 0.25) is 0 Å². The topological polar surface area (TPSA) is 83.5 Å². The van der Waals surface area contributed by atoms with Gasteiger partial charge in [0.25, 0.3) is 0 Å². The van der Waals surface area contributed by atoms with Gasteiger partial charge in [-0.15, -0.1) is 11.3 Å².